The highest BCUT2D eigenvalue weighted by molar-refractivity contribution is 6.20. The lowest BCUT2D eigenvalue weighted by atomic mass is 9.99. The lowest BCUT2D eigenvalue weighted by Gasteiger charge is -2.22. The summed E-state index contributed by atoms with van der Waals surface area (Å²) in [6, 6.07) is 4.42. The molecule has 0 aliphatic heterocycles. The fourth-order valence-corrected chi connectivity index (χ4v) is 3.67. The number of halogens is 2. The van der Waals surface area contributed by atoms with Crippen LogP contribution < -0.4 is 15.6 Å². The summed E-state index contributed by atoms with van der Waals surface area (Å²) in [6.07, 6.45) is 5.26. The number of alkyl halides is 1. The second-order valence-electron chi connectivity index (χ2n) is 9.56. The number of aromatic nitrogens is 2. The highest BCUT2D eigenvalue weighted by Gasteiger charge is 2.24. The summed E-state index contributed by atoms with van der Waals surface area (Å²) < 4.78 is 26.7. The highest BCUT2D eigenvalue weighted by atomic mass is 35.5. The summed E-state index contributed by atoms with van der Waals surface area (Å²) in [4.78, 5) is 30.3. The zero-order valence-corrected chi connectivity index (χ0v) is 20.9. The van der Waals surface area contributed by atoms with Crippen molar-refractivity contribution in [2.45, 2.75) is 77.5 Å². The van der Waals surface area contributed by atoms with Crippen molar-refractivity contribution in [3.05, 3.63) is 57.8 Å². The van der Waals surface area contributed by atoms with Crippen LogP contribution in [0, 0.1) is 5.82 Å². The van der Waals surface area contributed by atoms with Gasteiger partial charge < -0.3 is 14.8 Å². The van der Waals surface area contributed by atoms with Crippen molar-refractivity contribution in [1.29, 1.82) is 0 Å². The van der Waals surface area contributed by atoms with Gasteiger partial charge in [0.1, 0.15) is 11.2 Å². The van der Waals surface area contributed by atoms with Crippen LogP contribution in [-0.4, -0.2) is 32.6 Å². The Bertz CT molecular complexity index is 1140. The van der Waals surface area contributed by atoms with Crippen LogP contribution in [0.25, 0.3) is 0 Å². The number of benzene rings is 1. The number of carbonyl (C=O) groups excluding carboxylic acids is 1. The minimum absolute atomic E-state index is 0.0684. The Morgan fingerprint density at radius 1 is 1.35 bits per heavy atom. The molecule has 34 heavy (non-hydrogen) atoms. The molecule has 1 atom stereocenters. The molecule has 1 aliphatic carbocycles. The second kappa shape index (κ2) is 10.6. The van der Waals surface area contributed by atoms with Gasteiger partial charge >= 0.3 is 5.97 Å². The van der Waals surface area contributed by atoms with E-state index in [-0.39, 0.29) is 35.3 Å². The molecule has 1 unspecified atom stereocenters. The zero-order valence-electron chi connectivity index (χ0n) is 20.2. The fraction of sp³-hybridized carbons (Fsp3) is 0.480. The zero-order chi connectivity index (χ0) is 25.0. The third-order valence-electron chi connectivity index (χ3n) is 5.02. The highest BCUT2D eigenvalue weighted by Crippen LogP contribution is 2.26. The lowest BCUT2D eigenvalue weighted by molar-refractivity contribution is 0.00664. The van der Waals surface area contributed by atoms with Crippen molar-refractivity contribution in [2.24, 2.45) is 0 Å². The number of esters is 1. The van der Waals surface area contributed by atoms with Crippen LogP contribution in [0.2, 0.25) is 0 Å². The predicted molar refractivity (Wildman–Crippen MR) is 131 cm³/mol. The van der Waals surface area contributed by atoms with Crippen LogP contribution in [-0.2, 0) is 11.3 Å². The second-order valence-corrected chi connectivity index (χ2v) is 10.2. The molecule has 1 aliphatic rings. The van der Waals surface area contributed by atoms with Crippen LogP contribution in [0.1, 0.15) is 64.2 Å². The summed E-state index contributed by atoms with van der Waals surface area (Å²) in [7, 11) is 0. The van der Waals surface area contributed by atoms with Gasteiger partial charge in [0.25, 0.3) is 5.56 Å². The molecule has 184 valence electrons. The molecule has 1 aromatic heterocycles. The Morgan fingerprint density at radius 2 is 2.09 bits per heavy atom. The van der Waals surface area contributed by atoms with Crippen molar-refractivity contribution in [2.75, 3.05) is 5.32 Å². The molecule has 7 nitrogen and oxygen atoms in total. The van der Waals surface area contributed by atoms with E-state index in [1.807, 2.05) is 19.9 Å². The molecule has 2 aromatic rings. The Balaban J connectivity index is 1.97. The first-order chi connectivity index (χ1) is 15.9. The molecule has 0 fully saturated rings. The van der Waals surface area contributed by atoms with Crippen LogP contribution in [0.5, 0.6) is 5.75 Å². The Kier molecular flexibility index (Phi) is 8.02. The standard InChI is InChI=1S/C25H31ClFN3O4/c1-15(2)33-21-11-10-18(12-20(21)27)29-24-28-13-19(23(32)34-25(3,4)5)22(31)30(24)14-16-6-8-17(26)9-7-16/h6,10-13,15,17H,7-9,14H2,1-5H3,(H,28,29). The molecule has 9 heteroatoms. The van der Waals surface area contributed by atoms with E-state index in [4.69, 9.17) is 21.1 Å². The Morgan fingerprint density at radius 3 is 2.68 bits per heavy atom. The quantitative estimate of drug-likeness (QED) is 0.309. The van der Waals surface area contributed by atoms with Crippen molar-refractivity contribution in [3.63, 3.8) is 0 Å². The SMILES string of the molecule is CC(C)Oc1ccc(Nc2ncc(C(=O)OC(C)(C)C)c(=O)n2CC2=CCC(Cl)CC2)cc1F. The van der Waals surface area contributed by atoms with Gasteiger partial charge in [0.05, 0.1) is 18.8 Å². The molecular formula is C25H31ClFN3O4. The van der Waals surface area contributed by atoms with Gasteiger partial charge in [0, 0.05) is 17.1 Å². The number of carbonyl (C=O) groups is 1. The van der Waals surface area contributed by atoms with E-state index in [0.717, 1.165) is 18.4 Å². The molecule has 1 N–H and O–H groups in total. The first kappa shape index (κ1) is 25.7. The summed E-state index contributed by atoms with van der Waals surface area (Å²) in [5, 5.41) is 3.07. The van der Waals surface area contributed by atoms with Gasteiger partial charge in [-0.15, -0.1) is 11.6 Å². The third-order valence-corrected chi connectivity index (χ3v) is 5.42. The number of nitrogens with zero attached hydrogens (tertiary/aromatic N) is 2. The molecular weight excluding hydrogens is 461 g/mol. The van der Waals surface area contributed by atoms with Gasteiger partial charge in [0.2, 0.25) is 5.95 Å². The molecule has 0 saturated heterocycles. The Labute approximate surface area is 203 Å². The van der Waals surface area contributed by atoms with E-state index in [0.29, 0.717) is 12.1 Å². The maximum atomic E-state index is 14.5. The molecule has 0 bridgehead atoms. The molecule has 1 aromatic carbocycles. The minimum atomic E-state index is -0.760. The minimum Gasteiger partial charge on any atom is -0.488 e. The number of hydrogen-bond acceptors (Lipinski definition) is 6. The smallest absolute Gasteiger partial charge is 0.345 e. The molecule has 3 rings (SSSR count). The average Bonchev–Trinajstić information content (AvgIpc) is 2.72. The van der Waals surface area contributed by atoms with E-state index in [1.165, 1.54) is 22.9 Å². The van der Waals surface area contributed by atoms with Crippen LogP contribution in [0.4, 0.5) is 16.0 Å². The molecule has 1 heterocycles. The van der Waals surface area contributed by atoms with E-state index in [9.17, 15) is 14.0 Å². The summed E-state index contributed by atoms with van der Waals surface area (Å²) in [6.45, 7) is 9.03. The van der Waals surface area contributed by atoms with Gasteiger partial charge in [-0.1, -0.05) is 11.6 Å². The van der Waals surface area contributed by atoms with Crippen molar-refractivity contribution in [3.8, 4) is 5.75 Å². The van der Waals surface area contributed by atoms with Gasteiger partial charge in [-0.05, 0) is 66.0 Å². The molecule has 0 amide bonds. The van der Waals surface area contributed by atoms with Crippen molar-refractivity contribution in [1.82, 2.24) is 9.55 Å². The maximum Gasteiger partial charge on any atom is 0.345 e. The number of rotatable bonds is 7. The first-order valence-corrected chi connectivity index (χ1v) is 11.7. The molecule has 0 radical (unpaired) electrons. The third kappa shape index (κ3) is 6.82. The van der Waals surface area contributed by atoms with Gasteiger partial charge in [-0.2, -0.15) is 0 Å². The molecule has 0 saturated carbocycles. The average molecular weight is 492 g/mol. The van der Waals surface area contributed by atoms with E-state index in [1.54, 1.807) is 26.8 Å². The van der Waals surface area contributed by atoms with E-state index >= 15 is 0 Å². The van der Waals surface area contributed by atoms with E-state index in [2.05, 4.69) is 10.3 Å². The predicted octanol–water partition coefficient (Wildman–Crippen LogP) is 5.59. The Hall–Kier alpha value is -2.87. The largest absolute Gasteiger partial charge is 0.488 e. The summed E-state index contributed by atoms with van der Waals surface area (Å²) >= 11 is 6.20. The van der Waals surface area contributed by atoms with Crippen LogP contribution in [0.3, 0.4) is 0 Å². The summed E-state index contributed by atoms with van der Waals surface area (Å²) in [5.74, 6) is -0.969. The molecule has 0 spiro atoms. The normalized spacial score (nSPS) is 16.2. The van der Waals surface area contributed by atoms with E-state index < -0.39 is 22.9 Å². The van der Waals surface area contributed by atoms with Crippen molar-refractivity contribution < 1.29 is 18.7 Å². The number of hydrogen-bond donors (Lipinski definition) is 1. The van der Waals surface area contributed by atoms with Crippen LogP contribution >= 0.6 is 11.6 Å². The monoisotopic (exact) mass is 491 g/mol. The number of nitrogens with one attached hydrogen (secondary N) is 1. The number of ether oxygens (including phenoxy) is 2. The van der Waals surface area contributed by atoms with Crippen molar-refractivity contribution >= 4 is 29.2 Å². The lowest BCUT2D eigenvalue weighted by Crippen LogP contribution is -2.33. The topological polar surface area (TPSA) is 82.5 Å². The van der Waals surface area contributed by atoms with Crippen LogP contribution in [0.15, 0.2) is 40.8 Å². The van der Waals surface area contributed by atoms with Gasteiger partial charge in [-0.3, -0.25) is 9.36 Å². The number of allylic oxidation sites excluding steroid dienone is 2. The fourth-order valence-electron chi connectivity index (χ4n) is 3.47. The maximum absolute atomic E-state index is 14.5. The summed E-state index contributed by atoms with van der Waals surface area (Å²) in [5.41, 5.74) is -0.0706. The van der Waals surface area contributed by atoms with Gasteiger partial charge in [0.15, 0.2) is 11.6 Å². The number of anilines is 2. The first-order valence-electron chi connectivity index (χ1n) is 11.3. The van der Waals surface area contributed by atoms with Gasteiger partial charge in [-0.25, -0.2) is 14.2 Å².